The lowest BCUT2D eigenvalue weighted by Crippen LogP contribution is -2.35. The lowest BCUT2D eigenvalue weighted by molar-refractivity contribution is 0.227. The summed E-state index contributed by atoms with van der Waals surface area (Å²) in [6, 6.07) is 16.5. The molecule has 2 aromatic carbocycles. The Morgan fingerprint density at radius 3 is 2.65 bits per heavy atom. The minimum atomic E-state index is -2.96. The van der Waals surface area contributed by atoms with Crippen molar-refractivity contribution in [2.24, 2.45) is 0 Å². The van der Waals surface area contributed by atoms with E-state index in [4.69, 9.17) is 5.10 Å². The molecule has 0 amide bonds. The van der Waals surface area contributed by atoms with E-state index in [-0.39, 0.29) is 17.5 Å². The van der Waals surface area contributed by atoms with Gasteiger partial charge in [-0.3, -0.25) is 4.90 Å². The standard InChI is InChI=1S/C25H29N3O2S/c1-4-13-27(23-12-14-31(29,30)18-23)16-22-17-28(24-15-19(2)10-11-20(24)3)26-25(22)21-8-6-5-7-9-21/h4-11,15,17,23H,1,12-14,16,18H2,2-3H3. The summed E-state index contributed by atoms with van der Waals surface area (Å²) in [5.74, 6) is 0.477. The van der Waals surface area contributed by atoms with Crippen LogP contribution in [-0.4, -0.2) is 47.2 Å². The molecule has 4 rings (SSSR count). The summed E-state index contributed by atoms with van der Waals surface area (Å²) in [6.45, 7) is 9.33. The van der Waals surface area contributed by atoms with Crippen LogP contribution in [0.3, 0.4) is 0 Å². The average molecular weight is 436 g/mol. The van der Waals surface area contributed by atoms with Gasteiger partial charge in [0.15, 0.2) is 9.84 Å². The fourth-order valence-electron chi connectivity index (χ4n) is 4.24. The van der Waals surface area contributed by atoms with Crippen LogP contribution >= 0.6 is 0 Å². The van der Waals surface area contributed by atoms with E-state index in [1.54, 1.807) is 0 Å². The minimum absolute atomic E-state index is 0.00989. The van der Waals surface area contributed by atoms with Crippen molar-refractivity contribution >= 4 is 9.84 Å². The zero-order chi connectivity index (χ0) is 22.0. The predicted octanol–water partition coefficient (Wildman–Crippen LogP) is 4.33. The van der Waals surface area contributed by atoms with Crippen LogP contribution in [0, 0.1) is 13.8 Å². The van der Waals surface area contributed by atoms with Crippen LogP contribution < -0.4 is 0 Å². The van der Waals surface area contributed by atoms with Crippen molar-refractivity contribution in [2.75, 3.05) is 18.1 Å². The molecule has 0 radical (unpaired) electrons. The van der Waals surface area contributed by atoms with Gasteiger partial charge in [0.2, 0.25) is 0 Å². The van der Waals surface area contributed by atoms with Gasteiger partial charge in [-0.05, 0) is 37.5 Å². The molecule has 2 heterocycles. The molecule has 3 aromatic rings. The van der Waals surface area contributed by atoms with Gasteiger partial charge in [-0.25, -0.2) is 13.1 Å². The third-order valence-electron chi connectivity index (χ3n) is 5.91. The van der Waals surface area contributed by atoms with Crippen molar-refractivity contribution in [1.29, 1.82) is 0 Å². The number of benzene rings is 2. The van der Waals surface area contributed by atoms with Crippen LogP contribution in [0.4, 0.5) is 0 Å². The van der Waals surface area contributed by atoms with Gasteiger partial charge in [-0.15, -0.1) is 6.58 Å². The average Bonchev–Trinajstić information content (AvgIpc) is 3.33. The zero-order valence-electron chi connectivity index (χ0n) is 18.2. The molecule has 0 bridgehead atoms. The number of sulfone groups is 1. The molecule has 0 N–H and O–H groups in total. The molecular formula is C25H29N3O2S. The molecule has 0 aliphatic carbocycles. The zero-order valence-corrected chi connectivity index (χ0v) is 19.0. The molecule has 5 nitrogen and oxygen atoms in total. The van der Waals surface area contributed by atoms with Crippen molar-refractivity contribution in [3.8, 4) is 16.9 Å². The number of hydrogen-bond donors (Lipinski definition) is 0. The van der Waals surface area contributed by atoms with Gasteiger partial charge >= 0.3 is 0 Å². The largest absolute Gasteiger partial charge is 0.291 e. The van der Waals surface area contributed by atoms with Crippen LogP contribution in [0.15, 0.2) is 67.4 Å². The molecule has 0 saturated carbocycles. The maximum absolute atomic E-state index is 12.1. The van der Waals surface area contributed by atoms with E-state index in [1.807, 2.05) is 29.0 Å². The normalized spacial score (nSPS) is 17.8. The Labute approximate surface area is 184 Å². The SMILES string of the molecule is C=CCN(Cc1cn(-c2cc(C)ccc2C)nc1-c1ccccc1)C1CCS(=O)(=O)C1. The van der Waals surface area contributed by atoms with Crippen LogP contribution in [0.2, 0.25) is 0 Å². The second-order valence-electron chi connectivity index (χ2n) is 8.38. The van der Waals surface area contributed by atoms with Crippen LogP contribution in [0.25, 0.3) is 16.9 Å². The van der Waals surface area contributed by atoms with E-state index >= 15 is 0 Å². The number of aromatic nitrogens is 2. The molecule has 1 aromatic heterocycles. The van der Waals surface area contributed by atoms with Crippen LogP contribution in [-0.2, 0) is 16.4 Å². The Morgan fingerprint density at radius 1 is 1.19 bits per heavy atom. The van der Waals surface area contributed by atoms with E-state index in [0.717, 1.165) is 28.1 Å². The lowest BCUT2D eigenvalue weighted by atomic mass is 10.1. The van der Waals surface area contributed by atoms with Crippen molar-refractivity contribution in [1.82, 2.24) is 14.7 Å². The molecule has 1 aliphatic heterocycles. The van der Waals surface area contributed by atoms with Gasteiger partial charge in [0.05, 0.1) is 22.9 Å². The van der Waals surface area contributed by atoms with E-state index in [0.29, 0.717) is 19.5 Å². The van der Waals surface area contributed by atoms with Crippen molar-refractivity contribution in [3.05, 3.63) is 84.1 Å². The first-order valence-electron chi connectivity index (χ1n) is 10.6. The molecule has 1 aliphatic rings. The smallest absolute Gasteiger partial charge is 0.151 e. The van der Waals surface area contributed by atoms with Gasteiger partial charge in [0.25, 0.3) is 0 Å². The van der Waals surface area contributed by atoms with Gasteiger partial charge < -0.3 is 0 Å². The highest BCUT2D eigenvalue weighted by molar-refractivity contribution is 7.91. The Morgan fingerprint density at radius 2 is 1.97 bits per heavy atom. The molecule has 6 heteroatoms. The van der Waals surface area contributed by atoms with Crippen molar-refractivity contribution in [3.63, 3.8) is 0 Å². The Bertz CT molecular complexity index is 1180. The second-order valence-corrected chi connectivity index (χ2v) is 10.6. The highest BCUT2D eigenvalue weighted by Crippen LogP contribution is 2.28. The first-order chi connectivity index (χ1) is 14.9. The third-order valence-corrected chi connectivity index (χ3v) is 7.66. The topological polar surface area (TPSA) is 55.2 Å². The van der Waals surface area contributed by atoms with Gasteiger partial charge in [0, 0.05) is 36.5 Å². The number of nitrogens with zero attached hydrogens (tertiary/aromatic N) is 3. The second kappa shape index (κ2) is 8.81. The summed E-state index contributed by atoms with van der Waals surface area (Å²) in [4.78, 5) is 2.22. The number of aryl methyl sites for hydroxylation is 2. The Hall–Kier alpha value is -2.70. The highest BCUT2D eigenvalue weighted by Gasteiger charge is 2.32. The quantitative estimate of drug-likeness (QED) is 0.518. The van der Waals surface area contributed by atoms with Crippen LogP contribution in [0.1, 0.15) is 23.1 Å². The maximum atomic E-state index is 12.1. The first kappa shape index (κ1) is 21.5. The molecule has 1 fully saturated rings. The summed E-state index contributed by atoms with van der Waals surface area (Å²) in [5.41, 5.74) is 6.46. The molecule has 1 unspecified atom stereocenters. The predicted molar refractivity (Wildman–Crippen MR) is 126 cm³/mol. The van der Waals surface area contributed by atoms with E-state index in [2.05, 4.69) is 61.9 Å². The van der Waals surface area contributed by atoms with Gasteiger partial charge in [0.1, 0.15) is 0 Å². The molecule has 0 spiro atoms. The molecular weight excluding hydrogens is 406 g/mol. The van der Waals surface area contributed by atoms with Gasteiger partial charge in [-0.2, -0.15) is 5.10 Å². The minimum Gasteiger partial charge on any atom is -0.291 e. The molecule has 31 heavy (non-hydrogen) atoms. The summed E-state index contributed by atoms with van der Waals surface area (Å²) >= 11 is 0. The van der Waals surface area contributed by atoms with Crippen LogP contribution in [0.5, 0.6) is 0 Å². The summed E-state index contributed by atoms with van der Waals surface area (Å²) in [7, 11) is -2.96. The fourth-order valence-corrected chi connectivity index (χ4v) is 6.01. The first-order valence-corrected chi connectivity index (χ1v) is 12.5. The monoisotopic (exact) mass is 435 g/mol. The highest BCUT2D eigenvalue weighted by atomic mass is 32.2. The third kappa shape index (κ3) is 4.81. The van der Waals surface area contributed by atoms with E-state index in [1.165, 1.54) is 5.56 Å². The number of rotatable bonds is 7. The van der Waals surface area contributed by atoms with Gasteiger partial charge in [-0.1, -0.05) is 48.5 Å². The fraction of sp³-hybridized carbons (Fsp3) is 0.320. The molecule has 162 valence electrons. The van der Waals surface area contributed by atoms with E-state index in [9.17, 15) is 8.42 Å². The Kier molecular flexibility index (Phi) is 6.12. The summed E-state index contributed by atoms with van der Waals surface area (Å²) in [6.07, 6.45) is 4.61. The Balaban J connectivity index is 1.75. The van der Waals surface area contributed by atoms with Crippen molar-refractivity contribution < 1.29 is 8.42 Å². The molecule has 1 saturated heterocycles. The van der Waals surface area contributed by atoms with Crippen molar-refractivity contribution in [2.45, 2.75) is 32.9 Å². The lowest BCUT2D eigenvalue weighted by Gasteiger charge is -2.26. The number of hydrogen-bond acceptors (Lipinski definition) is 4. The molecule has 1 atom stereocenters. The summed E-state index contributed by atoms with van der Waals surface area (Å²) < 4.78 is 26.1. The van der Waals surface area contributed by atoms with E-state index < -0.39 is 9.84 Å². The maximum Gasteiger partial charge on any atom is 0.151 e. The summed E-state index contributed by atoms with van der Waals surface area (Å²) in [5, 5.41) is 4.97.